The number of urea groups is 1. The number of aliphatic carboxylic acids is 1. The molecule has 3 N–H and O–H groups in total. The quantitative estimate of drug-likeness (QED) is 0.718. The molecule has 1 saturated carbocycles. The Kier molecular flexibility index (Phi) is 3.65. The molecule has 1 atom stereocenters. The number of nitrogens with one attached hydrogen (secondary N) is 2. The zero-order valence-electron chi connectivity index (χ0n) is 12.0. The molecule has 0 bridgehead atoms. The lowest BCUT2D eigenvalue weighted by molar-refractivity contribution is -0.140. The molecule has 0 saturated heterocycles. The van der Waals surface area contributed by atoms with Crippen LogP contribution < -0.4 is 10.6 Å². The third-order valence-electron chi connectivity index (χ3n) is 4.52. The molecule has 0 aliphatic heterocycles. The van der Waals surface area contributed by atoms with E-state index in [1.165, 1.54) is 0 Å². The fourth-order valence-corrected chi connectivity index (χ4v) is 2.38. The number of hydrogen-bond acceptors (Lipinski definition) is 2. The molecule has 5 heteroatoms. The molecule has 0 spiro atoms. The van der Waals surface area contributed by atoms with Crippen LogP contribution in [0.25, 0.3) is 0 Å². The number of carboxylic acid groups (broad SMARTS) is 1. The van der Waals surface area contributed by atoms with Crippen LogP contribution in [0.1, 0.15) is 41.5 Å². The van der Waals surface area contributed by atoms with Crippen molar-refractivity contribution in [2.45, 2.75) is 53.6 Å². The molecule has 5 nitrogen and oxygen atoms in total. The van der Waals surface area contributed by atoms with Crippen LogP contribution in [0.2, 0.25) is 0 Å². The van der Waals surface area contributed by atoms with Crippen molar-refractivity contribution < 1.29 is 14.7 Å². The van der Waals surface area contributed by atoms with Gasteiger partial charge in [-0.2, -0.15) is 0 Å². The predicted molar refractivity (Wildman–Crippen MR) is 69.3 cm³/mol. The van der Waals surface area contributed by atoms with Crippen molar-refractivity contribution >= 4 is 12.0 Å². The number of carbonyl (C=O) groups excluding carboxylic acids is 1. The van der Waals surface area contributed by atoms with Gasteiger partial charge in [-0.1, -0.05) is 41.5 Å². The minimum absolute atomic E-state index is 0.0426. The summed E-state index contributed by atoms with van der Waals surface area (Å²) in [4.78, 5) is 22.8. The van der Waals surface area contributed by atoms with E-state index in [9.17, 15) is 9.59 Å². The third kappa shape index (κ3) is 2.44. The molecule has 0 aromatic heterocycles. The van der Waals surface area contributed by atoms with Crippen LogP contribution in [0, 0.1) is 16.7 Å². The van der Waals surface area contributed by atoms with Crippen molar-refractivity contribution in [2.75, 3.05) is 0 Å². The summed E-state index contributed by atoms with van der Waals surface area (Å²) in [5.74, 6) is -1.15. The highest BCUT2D eigenvalue weighted by Crippen LogP contribution is 2.62. The van der Waals surface area contributed by atoms with E-state index in [4.69, 9.17) is 5.11 Å². The van der Waals surface area contributed by atoms with Crippen LogP contribution in [0.3, 0.4) is 0 Å². The SMILES string of the molecule is CC(C)[C@H](NC(=O)NC1C(C)(C)C1(C)C)C(=O)O. The Morgan fingerprint density at radius 2 is 1.56 bits per heavy atom. The first kappa shape index (κ1) is 14.8. The highest BCUT2D eigenvalue weighted by molar-refractivity contribution is 5.83. The second kappa shape index (κ2) is 4.44. The van der Waals surface area contributed by atoms with Crippen LogP contribution in [0.15, 0.2) is 0 Å². The summed E-state index contributed by atoms with van der Waals surface area (Å²) in [5.41, 5.74) is 0.0851. The molecule has 0 heterocycles. The Bertz CT molecular complexity index is 347. The topological polar surface area (TPSA) is 78.4 Å². The van der Waals surface area contributed by atoms with Crippen LogP contribution in [0.4, 0.5) is 4.79 Å². The van der Waals surface area contributed by atoms with Crippen molar-refractivity contribution in [3.63, 3.8) is 0 Å². The second-order valence-electron chi connectivity index (χ2n) is 6.55. The fraction of sp³-hybridized carbons (Fsp3) is 0.846. The summed E-state index contributed by atoms with van der Waals surface area (Å²) in [6.07, 6.45) is 0. The molecule has 1 rings (SSSR count). The van der Waals surface area contributed by atoms with E-state index in [2.05, 4.69) is 38.3 Å². The summed E-state index contributed by atoms with van der Waals surface area (Å²) < 4.78 is 0. The zero-order valence-corrected chi connectivity index (χ0v) is 12.0. The van der Waals surface area contributed by atoms with E-state index in [1.54, 1.807) is 13.8 Å². The van der Waals surface area contributed by atoms with Gasteiger partial charge in [-0.25, -0.2) is 9.59 Å². The van der Waals surface area contributed by atoms with Gasteiger partial charge in [-0.05, 0) is 16.7 Å². The molecule has 0 aromatic carbocycles. The maximum absolute atomic E-state index is 11.8. The lowest BCUT2D eigenvalue weighted by Crippen LogP contribution is -2.49. The molecule has 0 radical (unpaired) electrons. The fourth-order valence-electron chi connectivity index (χ4n) is 2.38. The lowest BCUT2D eigenvalue weighted by atomic mass is 10.0. The Morgan fingerprint density at radius 1 is 1.11 bits per heavy atom. The van der Waals surface area contributed by atoms with Gasteiger partial charge in [0.1, 0.15) is 6.04 Å². The van der Waals surface area contributed by atoms with Crippen molar-refractivity contribution in [3.8, 4) is 0 Å². The highest BCUT2D eigenvalue weighted by atomic mass is 16.4. The maximum Gasteiger partial charge on any atom is 0.326 e. The minimum atomic E-state index is -1.01. The number of hydrogen-bond donors (Lipinski definition) is 3. The molecule has 1 aliphatic carbocycles. The van der Waals surface area contributed by atoms with Gasteiger partial charge in [0.25, 0.3) is 0 Å². The number of carboxylic acids is 1. The van der Waals surface area contributed by atoms with Gasteiger partial charge in [0.2, 0.25) is 0 Å². The minimum Gasteiger partial charge on any atom is -0.480 e. The van der Waals surface area contributed by atoms with Crippen LogP contribution in [-0.4, -0.2) is 29.2 Å². The highest BCUT2D eigenvalue weighted by Gasteiger charge is 2.65. The van der Waals surface area contributed by atoms with Gasteiger partial charge in [-0.15, -0.1) is 0 Å². The van der Waals surface area contributed by atoms with Gasteiger partial charge >= 0.3 is 12.0 Å². The second-order valence-corrected chi connectivity index (χ2v) is 6.55. The Morgan fingerprint density at radius 3 is 1.83 bits per heavy atom. The summed E-state index contributed by atoms with van der Waals surface area (Å²) in [6, 6.07) is -1.18. The standard InChI is InChI=1S/C13H24N2O3/c1-7(2)8(9(16)17)14-11(18)15-10-12(3,4)13(10,5)6/h7-8,10H,1-6H3,(H,16,17)(H2,14,15,18)/t8-/m0/s1. The van der Waals surface area contributed by atoms with Gasteiger partial charge in [0, 0.05) is 6.04 Å². The van der Waals surface area contributed by atoms with Crippen molar-refractivity contribution in [1.82, 2.24) is 10.6 Å². The molecule has 2 amide bonds. The number of carbonyl (C=O) groups is 2. The van der Waals surface area contributed by atoms with E-state index in [0.29, 0.717) is 0 Å². The molecule has 1 fully saturated rings. The largest absolute Gasteiger partial charge is 0.480 e. The van der Waals surface area contributed by atoms with E-state index in [1.807, 2.05) is 0 Å². The first-order valence-electron chi connectivity index (χ1n) is 6.31. The average Bonchev–Trinajstić information content (AvgIpc) is 2.56. The average molecular weight is 256 g/mol. The number of rotatable bonds is 4. The molecule has 18 heavy (non-hydrogen) atoms. The van der Waals surface area contributed by atoms with Crippen LogP contribution in [0.5, 0.6) is 0 Å². The van der Waals surface area contributed by atoms with E-state index in [0.717, 1.165) is 0 Å². The first-order chi connectivity index (χ1) is 8.01. The summed E-state index contributed by atoms with van der Waals surface area (Å²) >= 11 is 0. The zero-order chi connectivity index (χ0) is 14.3. The summed E-state index contributed by atoms with van der Waals surface area (Å²) in [7, 11) is 0. The predicted octanol–water partition coefficient (Wildman–Crippen LogP) is 1.83. The number of amides is 2. The van der Waals surface area contributed by atoms with Crippen LogP contribution in [-0.2, 0) is 4.79 Å². The van der Waals surface area contributed by atoms with E-state index in [-0.39, 0.29) is 22.8 Å². The Labute approximate surface area is 108 Å². The monoisotopic (exact) mass is 256 g/mol. The van der Waals surface area contributed by atoms with E-state index >= 15 is 0 Å². The normalized spacial score (nSPS) is 22.4. The summed E-state index contributed by atoms with van der Waals surface area (Å²) in [5, 5.41) is 14.4. The van der Waals surface area contributed by atoms with Crippen molar-refractivity contribution in [2.24, 2.45) is 16.7 Å². The van der Waals surface area contributed by atoms with Gasteiger partial charge in [0.05, 0.1) is 0 Å². The third-order valence-corrected chi connectivity index (χ3v) is 4.52. The summed E-state index contributed by atoms with van der Waals surface area (Å²) in [6.45, 7) is 11.9. The first-order valence-corrected chi connectivity index (χ1v) is 6.31. The Hall–Kier alpha value is -1.26. The van der Waals surface area contributed by atoms with E-state index < -0.39 is 18.0 Å². The maximum atomic E-state index is 11.8. The molecule has 104 valence electrons. The van der Waals surface area contributed by atoms with Gasteiger partial charge in [0.15, 0.2) is 0 Å². The van der Waals surface area contributed by atoms with Crippen molar-refractivity contribution in [1.29, 1.82) is 0 Å². The van der Waals surface area contributed by atoms with Crippen LogP contribution >= 0.6 is 0 Å². The smallest absolute Gasteiger partial charge is 0.326 e. The lowest BCUT2D eigenvalue weighted by Gasteiger charge is -2.18. The molecule has 0 aromatic rings. The van der Waals surface area contributed by atoms with Gasteiger partial charge in [-0.3, -0.25) is 0 Å². The molecule has 1 aliphatic rings. The van der Waals surface area contributed by atoms with Crippen molar-refractivity contribution in [3.05, 3.63) is 0 Å². The Balaban J connectivity index is 2.56. The molecule has 0 unspecified atom stereocenters. The molecular weight excluding hydrogens is 232 g/mol. The molecular formula is C13H24N2O3. The van der Waals surface area contributed by atoms with Gasteiger partial charge < -0.3 is 15.7 Å².